The average molecular weight is 293 g/mol. The Kier molecular flexibility index (Phi) is 3.24. The van der Waals surface area contributed by atoms with Gasteiger partial charge >= 0.3 is 5.69 Å². The summed E-state index contributed by atoms with van der Waals surface area (Å²) < 4.78 is 11.7. The fourth-order valence-electron chi connectivity index (χ4n) is 1.36. The molecule has 0 bridgehead atoms. The SMILES string of the molecule is O=c1[nH]c(=O)n([C@H]2CO[C@@H](CO)O2)cc1Br. The molecule has 7 nitrogen and oxygen atoms in total. The highest BCUT2D eigenvalue weighted by Crippen LogP contribution is 2.19. The molecular formula is C8H9BrN2O5. The summed E-state index contributed by atoms with van der Waals surface area (Å²) in [4.78, 5) is 24.7. The van der Waals surface area contributed by atoms with E-state index in [1.165, 1.54) is 10.8 Å². The summed E-state index contributed by atoms with van der Waals surface area (Å²) in [7, 11) is 0. The van der Waals surface area contributed by atoms with Crippen LogP contribution in [0.4, 0.5) is 0 Å². The van der Waals surface area contributed by atoms with Crippen LogP contribution in [0.3, 0.4) is 0 Å². The zero-order chi connectivity index (χ0) is 11.7. The van der Waals surface area contributed by atoms with Crippen LogP contribution >= 0.6 is 15.9 Å². The van der Waals surface area contributed by atoms with E-state index in [1.807, 2.05) is 0 Å². The number of rotatable bonds is 2. The Balaban J connectivity index is 2.32. The van der Waals surface area contributed by atoms with Crippen LogP contribution in [-0.2, 0) is 9.47 Å². The fourth-order valence-corrected chi connectivity index (χ4v) is 1.68. The summed E-state index contributed by atoms with van der Waals surface area (Å²) in [5.41, 5.74) is -1.08. The molecule has 16 heavy (non-hydrogen) atoms. The van der Waals surface area contributed by atoms with Gasteiger partial charge in [0.15, 0.2) is 12.5 Å². The number of aliphatic hydroxyl groups is 1. The van der Waals surface area contributed by atoms with E-state index in [9.17, 15) is 9.59 Å². The summed E-state index contributed by atoms with van der Waals surface area (Å²) in [5.74, 6) is 0. The lowest BCUT2D eigenvalue weighted by Gasteiger charge is -2.12. The zero-order valence-electron chi connectivity index (χ0n) is 8.05. The van der Waals surface area contributed by atoms with Crippen LogP contribution in [0, 0.1) is 0 Å². The number of nitrogens with one attached hydrogen (secondary N) is 1. The minimum absolute atomic E-state index is 0.142. The third-order valence-electron chi connectivity index (χ3n) is 2.12. The van der Waals surface area contributed by atoms with Gasteiger partial charge in [0.1, 0.15) is 0 Å². The number of nitrogens with zero attached hydrogens (tertiary/aromatic N) is 1. The predicted octanol–water partition coefficient (Wildman–Crippen LogP) is -0.837. The van der Waals surface area contributed by atoms with Gasteiger partial charge in [-0.2, -0.15) is 0 Å². The van der Waals surface area contributed by atoms with Crippen molar-refractivity contribution in [2.75, 3.05) is 13.2 Å². The Morgan fingerprint density at radius 3 is 3.00 bits per heavy atom. The highest BCUT2D eigenvalue weighted by molar-refractivity contribution is 9.10. The van der Waals surface area contributed by atoms with Gasteiger partial charge in [0.2, 0.25) is 0 Å². The van der Waals surface area contributed by atoms with Gasteiger partial charge in [0.25, 0.3) is 5.56 Å². The van der Waals surface area contributed by atoms with Crippen molar-refractivity contribution in [1.29, 1.82) is 0 Å². The van der Waals surface area contributed by atoms with E-state index in [0.29, 0.717) is 0 Å². The second kappa shape index (κ2) is 4.50. The normalized spacial score (nSPS) is 24.9. The first-order chi connectivity index (χ1) is 7.61. The summed E-state index contributed by atoms with van der Waals surface area (Å²) in [6, 6.07) is 0. The van der Waals surface area contributed by atoms with E-state index in [-0.39, 0.29) is 17.7 Å². The molecule has 0 aromatic carbocycles. The van der Waals surface area contributed by atoms with Crippen molar-refractivity contribution in [2.24, 2.45) is 0 Å². The second-order valence-electron chi connectivity index (χ2n) is 3.18. The molecule has 88 valence electrons. The Labute approximate surface area is 97.7 Å². The third kappa shape index (κ3) is 2.09. The van der Waals surface area contributed by atoms with Gasteiger partial charge in [-0.05, 0) is 15.9 Å². The molecule has 0 saturated carbocycles. The number of H-pyrrole nitrogens is 1. The van der Waals surface area contributed by atoms with E-state index in [2.05, 4.69) is 20.9 Å². The lowest BCUT2D eigenvalue weighted by Crippen LogP contribution is -2.33. The average Bonchev–Trinajstić information content (AvgIpc) is 2.71. The van der Waals surface area contributed by atoms with Crippen molar-refractivity contribution < 1.29 is 14.6 Å². The minimum atomic E-state index is -0.734. The molecule has 2 heterocycles. The molecule has 0 unspecified atom stereocenters. The number of aromatic nitrogens is 2. The topological polar surface area (TPSA) is 93.6 Å². The Hall–Kier alpha value is -0.960. The number of ether oxygens (including phenoxy) is 2. The van der Waals surface area contributed by atoms with E-state index >= 15 is 0 Å². The lowest BCUT2D eigenvalue weighted by molar-refractivity contribution is -0.0993. The predicted molar refractivity (Wildman–Crippen MR) is 56.0 cm³/mol. The third-order valence-corrected chi connectivity index (χ3v) is 2.68. The Morgan fingerprint density at radius 1 is 1.62 bits per heavy atom. The maximum Gasteiger partial charge on any atom is 0.330 e. The number of aromatic amines is 1. The van der Waals surface area contributed by atoms with E-state index in [1.54, 1.807) is 0 Å². The monoisotopic (exact) mass is 292 g/mol. The first kappa shape index (κ1) is 11.5. The molecular weight excluding hydrogens is 284 g/mol. The van der Waals surface area contributed by atoms with Crippen LogP contribution < -0.4 is 11.2 Å². The lowest BCUT2D eigenvalue weighted by atomic mass is 10.5. The van der Waals surface area contributed by atoms with Crippen LogP contribution in [0.5, 0.6) is 0 Å². The molecule has 2 rings (SSSR count). The summed E-state index contributed by atoms with van der Waals surface area (Å²) >= 11 is 3.01. The highest BCUT2D eigenvalue weighted by atomic mass is 79.9. The molecule has 1 fully saturated rings. The maximum atomic E-state index is 11.5. The number of hydrogen-bond acceptors (Lipinski definition) is 5. The fraction of sp³-hybridized carbons (Fsp3) is 0.500. The van der Waals surface area contributed by atoms with Gasteiger partial charge in [0.05, 0.1) is 17.7 Å². The highest BCUT2D eigenvalue weighted by Gasteiger charge is 2.27. The Morgan fingerprint density at radius 2 is 2.38 bits per heavy atom. The summed E-state index contributed by atoms with van der Waals surface area (Å²) in [5, 5.41) is 8.79. The molecule has 1 aliphatic rings. The first-order valence-electron chi connectivity index (χ1n) is 4.50. The van der Waals surface area contributed by atoms with Crippen molar-refractivity contribution in [3.63, 3.8) is 0 Å². The van der Waals surface area contributed by atoms with Crippen molar-refractivity contribution in [3.05, 3.63) is 31.5 Å². The first-order valence-corrected chi connectivity index (χ1v) is 5.30. The largest absolute Gasteiger partial charge is 0.391 e. The summed E-state index contributed by atoms with van der Waals surface area (Å²) in [6.45, 7) is -0.139. The van der Waals surface area contributed by atoms with Gasteiger partial charge in [-0.3, -0.25) is 14.3 Å². The van der Waals surface area contributed by atoms with Crippen molar-refractivity contribution in [3.8, 4) is 0 Å². The summed E-state index contributed by atoms with van der Waals surface area (Å²) in [6.07, 6.45) is -0.0463. The molecule has 0 aliphatic carbocycles. The van der Waals surface area contributed by atoms with Crippen LogP contribution in [0.2, 0.25) is 0 Å². The molecule has 2 atom stereocenters. The smallest absolute Gasteiger partial charge is 0.330 e. The Bertz CT molecular complexity index is 496. The van der Waals surface area contributed by atoms with Gasteiger partial charge in [-0.15, -0.1) is 0 Å². The molecule has 1 aromatic rings. The molecule has 0 amide bonds. The van der Waals surface area contributed by atoms with Crippen molar-refractivity contribution in [2.45, 2.75) is 12.5 Å². The molecule has 0 spiro atoms. The van der Waals surface area contributed by atoms with Crippen LogP contribution in [0.1, 0.15) is 6.23 Å². The molecule has 8 heteroatoms. The number of hydrogen-bond donors (Lipinski definition) is 2. The number of halogens is 1. The van der Waals surface area contributed by atoms with Gasteiger partial charge in [-0.25, -0.2) is 4.79 Å². The molecule has 1 aromatic heterocycles. The van der Waals surface area contributed by atoms with Crippen LogP contribution in [0.15, 0.2) is 20.3 Å². The van der Waals surface area contributed by atoms with Crippen molar-refractivity contribution >= 4 is 15.9 Å². The molecule has 2 N–H and O–H groups in total. The molecule has 1 aliphatic heterocycles. The minimum Gasteiger partial charge on any atom is -0.391 e. The molecule has 1 saturated heterocycles. The zero-order valence-corrected chi connectivity index (χ0v) is 9.64. The maximum absolute atomic E-state index is 11.5. The van der Waals surface area contributed by atoms with Gasteiger partial charge in [0, 0.05) is 6.20 Å². The molecule has 0 radical (unpaired) electrons. The van der Waals surface area contributed by atoms with E-state index in [4.69, 9.17) is 14.6 Å². The van der Waals surface area contributed by atoms with Crippen LogP contribution in [0.25, 0.3) is 0 Å². The second-order valence-corrected chi connectivity index (χ2v) is 4.03. The van der Waals surface area contributed by atoms with Crippen molar-refractivity contribution in [1.82, 2.24) is 9.55 Å². The van der Waals surface area contributed by atoms with Crippen LogP contribution in [-0.4, -0.2) is 34.2 Å². The van der Waals surface area contributed by atoms with Gasteiger partial charge < -0.3 is 14.6 Å². The van der Waals surface area contributed by atoms with Gasteiger partial charge in [-0.1, -0.05) is 0 Å². The standard InChI is InChI=1S/C8H9BrN2O5/c9-4-1-11(8(14)10-7(4)13)5-3-15-6(2-12)16-5/h1,5-6,12H,2-3H2,(H,10,13,14)/t5-,6-/m1/s1. The van der Waals surface area contributed by atoms with E-state index < -0.39 is 23.8 Å². The number of aliphatic hydroxyl groups excluding tert-OH is 1. The quantitative estimate of drug-likeness (QED) is 0.742. The van der Waals surface area contributed by atoms with E-state index in [0.717, 1.165) is 0 Å².